The fourth-order valence-corrected chi connectivity index (χ4v) is 16.5. The van der Waals surface area contributed by atoms with Crippen molar-refractivity contribution in [2.24, 2.45) is 0 Å². The number of fused-ring (bicyclic) bond motifs is 3. The van der Waals surface area contributed by atoms with E-state index < -0.39 is 10.2 Å². The van der Waals surface area contributed by atoms with Crippen molar-refractivity contribution >= 4 is 56.0 Å². The minimum Gasteiger partial charge on any atom is -0.576 e. The third kappa shape index (κ3) is 65.7. The zero-order chi connectivity index (χ0) is 66.5. The number of unbranched alkanes of at least 4 members (excludes halogenated alkanes) is 30. The summed E-state index contributed by atoms with van der Waals surface area (Å²) in [5.41, 5.74) is 9.08. The summed E-state index contributed by atoms with van der Waals surface area (Å²) in [5.74, 6) is 2.19. The molecule has 4 N–H and O–H groups in total. The molecule has 2 aliphatic rings. The molecule has 1 aromatic rings. The van der Waals surface area contributed by atoms with Crippen molar-refractivity contribution in [2.45, 2.75) is 302 Å². The Morgan fingerprint density at radius 2 is 0.556 bits per heavy atom. The van der Waals surface area contributed by atoms with Gasteiger partial charge < -0.3 is 19.9 Å². The number of hydrogen-bond acceptors (Lipinski definition) is 4. The van der Waals surface area contributed by atoms with Crippen LogP contribution in [-0.4, -0.2) is 117 Å². The third-order valence-corrected chi connectivity index (χ3v) is 28.4. The minimum atomic E-state index is -1.50. The second-order valence-electron chi connectivity index (χ2n) is 23.3. The molecular weight excluding hydrogens is 1560 g/mol. The molecule has 0 aromatic heterocycles. The molecule has 3 rings (SSSR count). The van der Waals surface area contributed by atoms with E-state index in [1.807, 2.05) is 12.2 Å². The second kappa shape index (κ2) is 80.5. The predicted molar refractivity (Wildman–Crippen MR) is 406 cm³/mol. The van der Waals surface area contributed by atoms with E-state index in [1.165, 1.54) is 288 Å². The molecule has 0 aliphatic heterocycles. The summed E-state index contributed by atoms with van der Waals surface area (Å²) in [6.07, 6.45) is 74.6. The maximum Gasteiger partial charge on any atom is 0.360 e. The van der Waals surface area contributed by atoms with Crippen LogP contribution in [0.3, 0.4) is 0 Å². The minimum absolute atomic E-state index is 0. The molecule has 1 aromatic carbocycles. The molecule has 0 radical (unpaired) electrons. The van der Waals surface area contributed by atoms with Gasteiger partial charge in [-0.25, -0.2) is 0 Å². The van der Waals surface area contributed by atoms with Crippen LogP contribution in [0.15, 0.2) is 23.6 Å². The van der Waals surface area contributed by atoms with Crippen molar-refractivity contribution in [2.75, 3.05) is 87.2 Å². The van der Waals surface area contributed by atoms with Crippen molar-refractivity contribution in [1.82, 2.24) is 0 Å². The van der Waals surface area contributed by atoms with Gasteiger partial charge in [0, 0.05) is 66.1 Å². The van der Waals surface area contributed by atoms with E-state index in [4.69, 9.17) is 40.1 Å². The topological polar surface area (TPSA) is 152 Å². The zero-order valence-electron chi connectivity index (χ0n) is 60.8. The Morgan fingerprint density at radius 1 is 0.367 bits per heavy atom. The second-order valence-corrected chi connectivity index (χ2v) is 37.1. The van der Waals surface area contributed by atoms with Gasteiger partial charge >= 0.3 is 11.5 Å². The molecule has 0 saturated heterocycles. The van der Waals surface area contributed by atoms with Crippen molar-refractivity contribution < 1.29 is 72.2 Å². The molecule has 0 heterocycles. The van der Waals surface area contributed by atoms with E-state index in [0.717, 1.165) is 37.6 Å². The Hall–Kier alpha value is -0.903. The first kappa shape index (κ1) is 100. The van der Waals surface area contributed by atoms with Gasteiger partial charge in [-0.3, -0.25) is 0 Å². The quantitative estimate of drug-likeness (QED) is 0.0126. The third-order valence-electron chi connectivity index (χ3n) is 17.0. The smallest absolute Gasteiger partial charge is 0.360 e. The molecule has 0 amide bonds. The normalized spacial score (nSPS) is 11.0. The van der Waals surface area contributed by atoms with E-state index >= 15 is 0 Å². The molecule has 2 aliphatic carbocycles. The Labute approximate surface area is 590 Å². The monoisotopic (exact) mass is 1700 g/mol. The Morgan fingerprint density at radius 3 is 0.711 bits per heavy atom. The van der Waals surface area contributed by atoms with Gasteiger partial charge in [0.05, 0.1) is 47.4 Å². The van der Waals surface area contributed by atoms with E-state index in [0.29, 0.717) is 15.8 Å². The number of nitrogens with zero attached hydrogens (tertiary/aromatic N) is 2. The molecule has 90 heavy (non-hydrogen) atoms. The Bertz CT molecular complexity index is 1760. The number of aromatic hydroxyl groups is 2. The van der Waals surface area contributed by atoms with Crippen LogP contribution >= 0.6 is 31.7 Å². The maximum absolute atomic E-state index is 8.36. The van der Waals surface area contributed by atoms with Crippen LogP contribution < -0.4 is 10.4 Å². The maximum atomic E-state index is 8.36. The molecule has 0 bridgehead atoms. The number of hydrogen-bond donors (Lipinski definition) is 2. The van der Waals surface area contributed by atoms with Crippen LogP contribution in [0, 0.1) is 20.2 Å². The summed E-state index contributed by atoms with van der Waals surface area (Å²) in [4.78, 5) is 16.7. The van der Waals surface area contributed by atoms with Crippen molar-refractivity contribution in [3.05, 3.63) is 65.4 Å². The number of aliphatic hydroxyl groups is 2. The van der Waals surface area contributed by atoms with Crippen LogP contribution in [0.5, 0.6) is 11.5 Å². The largest absolute Gasteiger partial charge is 0.576 e. The number of ether oxygens (including phenoxy) is 2. The average Bonchev–Trinajstić information content (AvgIpc) is 1.28. The van der Waals surface area contributed by atoms with Gasteiger partial charge in [0.2, 0.25) is 0 Å². The number of rotatable bonds is 48. The summed E-state index contributed by atoms with van der Waals surface area (Å²) >= 11 is 0. The zero-order valence-corrected chi connectivity index (χ0v) is 69.2. The van der Waals surface area contributed by atoms with E-state index in [1.54, 1.807) is 0 Å². The van der Waals surface area contributed by atoms with Crippen LogP contribution in [-0.2, 0) is 42.1 Å². The summed E-state index contributed by atoms with van der Waals surface area (Å²) in [6.45, 7) is 34.0. The van der Waals surface area contributed by atoms with Gasteiger partial charge in [-0.2, -0.15) is 0 Å². The fourth-order valence-electron chi connectivity index (χ4n) is 10.8. The van der Waals surface area contributed by atoms with Crippen LogP contribution in [0.1, 0.15) is 314 Å². The molecule has 0 fully saturated rings. The molecule has 0 atom stereocenters. The number of benzene rings is 1. The van der Waals surface area contributed by atoms with E-state index in [9.17, 15) is 0 Å². The van der Waals surface area contributed by atoms with Crippen molar-refractivity contribution in [1.29, 1.82) is 0 Å². The summed E-state index contributed by atoms with van der Waals surface area (Å²) in [5, 5.41) is 29.7. The standard InChI is InChI=1S/C50H80O2.4C6H15P.2HNO3.2Pt/c1-3-5-7-9-11-13-15-17-19-21-23-25-27-29-31-37-43-51-49-47-41-35-33-39-45(47)46-40-34-36-42-48(46)50(49)52-44-38-32-30-28-26-24-22-20-18-16-14-12-10-8-6-4-2;4*1-4-7(5-2)6-3;2*2-1(3)4;;/h35-36,39-42H,3-32,37-38,43-44H2,1-2H3;4*4-6H2,1-3H3;2*(H,2,3,4);;/p+4. The van der Waals surface area contributed by atoms with Gasteiger partial charge in [-0.15, -0.1) is 47.5 Å². The van der Waals surface area contributed by atoms with E-state index in [2.05, 4.69) is 133 Å². The van der Waals surface area contributed by atoms with Gasteiger partial charge in [0.25, 0.3) is 10.2 Å². The Balaban J connectivity index is -0.000000374. The van der Waals surface area contributed by atoms with Gasteiger partial charge in [-0.1, -0.05) is 235 Å². The summed E-state index contributed by atoms with van der Waals surface area (Å²) in [6, 6.07) is 0. The van der Waals surface area contributed by atoms with Crippen LogP contribution in [0.2, 0.25) is 0 Å². The molecular formula is C74H146N2O8P4Pt2+4. The first-order valence-corrected chi connectivity index (χ1v) is 44.6. The molecule has 10 nitrogen and oxygen atoms in total. The first-order chi connectivity index (χ1) is 42.7. The fraction of sp³-hybridized carbons (Fsp3) is 0.811. The van der Waals surface area contributed by atoms with E-state index in [-0.39, 0.29) is 58.0 Å². The van der Waals surface area contributed by atoms with Crippen LogP contribution in [0.4, 0.5) is 0 Å². The summed E-state index contributed by atoms with van der Waals surface area (Å²) in [7, 11) is 1.17. The van der Waals surface area contributed by atoms with Crippen LogP contribution in [0.25, 0.3) is 24.3 Å². The van der Waals surface area contributed by atoms with Gasteiger partial charge in [0.15, 0.2) is 13.2 Å². The van der Waals surface area contributed by atoms with Gasteiger partial charge in [0.1, 0.15) is 0 Å². The SMILES string of the molecule is CCCCCCCCCCCCCCCCCC[OH+]c1c([OH+]CCCCCCCCCCCCCCCCCC)c2c(c3c1=CC=C=C3)C=C=CC=2.CCP(CC)CC.CCP(CC)CC.CC[PH+](CC)CC.CC[PH+](CC)CC.O=[N+]([O-])O.O=[N+]([O-])O.[Pt].[Pt]. The van der Waals surface area contributed by atoms with Crippen molar-refractivity contribution in [3.63, 3.8) is 0 Å². The molecule has 0 saturated carbocycles. The summed E-state index contributed by atoms with van der Waals surface area (Å²) < 4.78 is 10.5. The average molecular weight is 1710 g/mol. The number of allylic oxidation sites excluding steroid dienone is 2. The molecule has 536 valence electrons. The molecule has 0 unspecified atom stereocenters. The van der Waals surface area contributed by atoms with Gasteiger partial charge in [-0.05, 0) is 144 Å². The predicted octanol–water partition coefficient (Wildman–Crippen LogP) is 23.5. The molecule has 0 spiro atoms. The first-order valence-electron chi connectivity index (χ1n) is 36.6. The molecule has 16 heteroatoms. The Kier molecular flexibility index (Phi) is 89.6. The van der Waals surface area contributed by atoms with Crippen molar-refractivity contribution in [3.8, 4) is 11.5 Å².